The Morgan fingerprint density at radius 3 is 2.85 bits per heavy atom. The molecule has 0 spiro atoms. The monoisotopic (exact) mass is 387 g/mol. The van der Waals surface area contributed by atoms with E-state index >= 15 is 0 Å². The fourth-order valence-electron chi connectivity index (χ4n) is 3.06. The Kier molecular flexibility index (Phi) is 5.69. The van der Waals surface area contributed by atoms with Crippen LogP contribution in [0.1, 0.15) is 24.5 Å². The van der Waals surface area contributed by atoms with Crippen molar-refractivity contribution in [1.29, 1.82) is 0 Å². The van der Waals surface area contributed by atoms with Crippen LogP contribution in [0.2, 0.25) is 0 Å². The first-order chi connectivity index (χ1) is 12.8. The summed E-state index contributed by atoms with van der Waals surface area (Å²) < 4.78 is 7.96. The Hall–Kier alpha value is -1.67. The molecule has 0 radical (unpaired) electrons. The zero-order valence-electron chi connectivity index (χ0n) is 14.3. The normalized spacial score (nSPS) is 18.3. The van der Waals surface area contributed by atoms with Crippen molar-refractivity contribution in [1.82, 2.24) is 14.8 Å². The topological polar surface area (TPSA) is 60.2 Å². The van der Waals surface area contributed by atoms with E-state index in [4.69, 9.17) is 4.74 Å². The van der Waals surface area contributed by atoms with E-state index in [2.05, 4.69) is 20.8 Å². The Bertz CT molecular complexity index is 815. The van der Waals surface area contributed by atoms with Gasteiger partial charge in [0.25, 0.3) is 0 Å². The molecule has 5 nitrogen and oxygen atoms in total. The molecule has 1 aliphatic heterocycles. The molecule has 2 atom stereocenters. The van der Waals surface area contributed by atoms with E-state index in [1.165, 1.54) is 11.8 Å². The van der Waals surface area contributed by atoms with Crippen molar-refractivity contribution < 1.29 is 9.84 Å². The molecule has 1 aliphatic rings. The van der Waals surface area contributed by atoms with Crippen LogP contribution in [0.15, 0.2) is 53.0 Å². The Balaban J connectivity index is 1.53. The fourth-order valence-corrected chi connectivity index (χ4v) is 4.70. The lowest BCUT2D eigenvalue weighted by Gasteiger charge is -2.15. The number of hydrogen-bond acceptors (Lipinski definition) is 6. The molecule has 0 aliphatic carbocycles. The molecule has 26 heavy (non-hydrogen) atoms. The van der Waals surface area contributed by atoms with Gasteiger partial charge in [0.15, 0.2) is 11.0 Å². The highest BCUT2D eigenvalue weighted by molar-refractivity contribution is 7.99. The summed E-state index contributed by atoms with van der Waals surface area (Å²) in [5, 5.41) is 22.1. The third-order valence-electron chi connectivity index (χ3n) is 4.42. The highest BCUT2D eigenvalue weighted by Gasteiger charge is 2.22. The van der Waals surface area contributed by atoms with Gasteiger partial charge in [-0.25, -0.2) is 0 Å². The second-order valence-electron chi connectivity index (χ2n) is 6.27. The van der Waals surface area contributed by atoms with Crippen molar-refractivity contribution in [2.75, 3.05) is 12.4 Å². The number of benzene rings is 1. The maximum absolute atomic E-state index is 10.4. The van der Waals surface area contributed by atoms with Crippen molar-refractivity contribution in [3.8, 4) is 10.7 Å². The average molecular weight is 388 g/mol. The highest BCUT2D eigenvalue weighted by Crippen LogP contribution is 2.30. The van der Waals surface area contributed by atoms with Crippen molar-refractivity contribution in [2.45, 2.75) is 36.8 Å². The van der Waals surface area contributed by atoms with E-state index in [-0.39, 0.29) is 6.10 Å². The van der Waals surface area contributed by atoms with Crippen molar-refractivity contribution in [2.24, 2.45) is 0 Å². The molecule has 1 aromatic carbocycles. The van der Waals surface area contributed by atoms with E-state index in [0.29, 0.717) is 5.75 Å². The summed E-state index contributed by atoms with van der Waals surface area (Å²) >= 11 is 3.20. The van der Waals surface area contributed by atoms with Gasteiger partial charge in [-0.15, -0.1) is 21.5 Å². The van der Waals surface area contributed by atoms with Gasteiger partial charge in [0.2, 0.25) is 0 Å². The fraction of sp³-hybridized carbons (Fsp3) is 0.368. The molecule has 136 valence electrons. The van der Waals surface area contributed by atoms with Gasteiger partial charge in [0.1, 0.15) is 0 Å². The summed E-state index contributed by atoms with van der Waals surface area (Å²) in [5.74, 6) is 1.42. The molecule has 1 fully saturated rings. The molecule has 0 bridgehead atoms. The Labute approximate surface area is 161 Å². The maximum Gasteiger partial charge on any atom is 0.191 e. The highest BCUT2D eigenvalue weighted by atomic mass is 32.2. The largest absolute Gasteiger partial charge is 0.388 e. The summed E-state index contributed by atoms with van der Waals surface area (Å²) in [6.45, 7) is 1.58. The molecule has 1 saturated heterocycles. The van der Waals surface area contributed by atoms with Crippen LogP contribution in [0, 0.1) is 0 Å². The lowest BCUT2D eigenvalue weighted by molar-refractivity contribution is 0.0953. The number of aliphatic hydroxyl groups excluding tert-OH is 1. The third kappa shape index (κ3) is 4.01. The minimum Gasteiger partial charge on any atom is -0.388 e. The minimum absolute atomic E-state index is 0.211. The first-order valence-corrected chi connectivity index (χ1v) is 10.6. The van der Waals surface area contributed by atoms with Crippen LogP contribution >= 0.6 is 23.1 Å². The standard InChI is InChI=1S/C19H21N3O2S2/c23-16(14-6-2-1-3-7-14)13-26-19-21-20-18(17-9-5-11-25-17)22(19)12-15-8-4-10-24-15/h1-3,5-7,9,11,15-16,23H,4,8,10,12-13H2/t15-,16+/m1/s1. The molecule has 0 unspecified atom stereocenters. The van der Waals surface area contributed by atoms with Crippen LogP contribution in [0.25, 0.3) is 10.7 Å². The molecule has 0 amide bonds. The SMILES string of the molecule is O[C@@H](CSc1nnc(-c2cccs2)n1C[C@H]1CCCO1)c1ccccc1. The van der Waals surface area contributed by atoms with E-state index in [1.54, 1.807) is 11.3 Å². The molecule has 7 heteroatoms. The average Bonchev–Trinajstić information content (AvgIpc) is 3.43. The quantitative estimate of drug-likeness (QED) is 0.621. The number of aliphatic hydroxyl groups is 1. The van der Waals surface area contributed by atoms with Gasteiger partial charge in [0.05, 0.1) is 23.6 Å². The van der Waals surface area contributed by atoms with Gasteiger partial charge in [0, 0.05) is 12.4 Å². The van der Waals surface area contributed by atoms with E-state index in [9.17, 15) is 5.11 Å². The van der Waals surface area contributed by atoms with E-state index in [0.717, 1.165) is 47.4 Å². The Morgan fingerprint density at radius 1 is 1.23 bits per heavy atom. The number of aromatic nitrogens is 3. The molecule has 1 N–H and O–H groups in total. The number of rotatable bonds is 7. The summed E-state index contributed by atoms with van der Waals surface area (Å²) in [7, 11) is 0. The first-order valence-electron chi connectivity index (χ1n) is 8.76. The van der Waals surface area contributed by atoms with Crippen molar-refractivity contribution in [3.63, 3.8) is 0 Å². The molecule has 3 aromatic rings. The third-order valence-corrected chi connectivity index (χ3v) is 6.33. The van der Waals surface area contributed by atoms with Gasteiger partial charge in [-0.05, 0) is 29.9 Å². The zero-order chi connectivity index (χ0) is 17.8. The van der Waals surface area contributed by atoms with Gasteiger partial charge in [-0.1, -0.05) is 48.2 Å². The van der Waals surface area contributed by atoms with Gasteiger partial charge < -0.3 is 9.84 Å². The smallest absolute Gasteiger partial charge is 0.191 e. The van der Waals surface area contributed by atoms with Crippen LogP contribution < -0.4 is 0 Å². The van der Waals surface area contributed by atoms with Gasteiger partial charge >= 0.3 is 0 Å². The number of ether oxygens (including phenoxy) is 1. The Morgan fingerprint density at radius 2 is 2.12 bits per heavy atom. The zero-order valence-corrected chi connectivity index (χ0v) is 16.0. The van der Waals surface area contributed by atoms with Crippen LogP contribution in [-0.2, 0) is 11.3 Å². The molecule has 4 rings (SSSR count). The number of thiophene rings is 1. The first kappa shape index (κ1) is 17.7. The number of hydrogen-bond donors (Lipinski definition) is 1. The maximum atomic E-state index is 10.4. The second-order valence-corrected chi connectivity index (χ2v) is 8.20. The lowest BCUT2D eigenvalue weighted by Crippen LogP contribution is -2.16. The molecular formula is C19H21N3O2S2. The van der Waals surface area contributed by atoms with Crippen LogP contribution in [0.3, 0.4) is 0 Å². The molecular weight excluding hydrogens is 366 g/mol. The predicted octanol–water partition coefficient (Wildman–Crippen LogP) is 4.01. The second kappa shape index (κ2) is 8.35. The van der Waals surface area contributed by atoms with Gasteiger partial charge in [-0.2, -0.15) is 0 Å². The lowest BCUT2D eigenvalue weighted by atomic mass is 10.1. The van der Waals surface area contributed by atoms with Crippen LogP contribution in [0.4, 0.5) is 0 Å². The number of nitrogens with zero attached hydrogens (tertiary/aromatic N) is 3. The summed E-state index contributed by atoms with van der Waals surface area (Å²) in [5.41, 5.74) is 0.920. The summed E-state index contributed by atoms with van der Waals surface area (Å²) in [6, 6.07) is 13.8. The van der Waals surface area contributed by atoms with E-state index < -0.39 is 6.10 Å². The van der Waals surface area contributed by atoms with E-state index in [1.807, 2.05) is 41.8 Å². The molecule has 3 heterocycles. The summed E-state index contributed by atoms with van der Waals surface area (Å²) in [4.78, 5) is 1.10. The van der Waals surface area contributed by atoms with Crippen LogP contribution in [-0.4, -0.2) is 38.3 Å². The predicted molar refractivity (Wildman–Crippen MR) is 104 cm³/mol. The van der Waals surface area contributed by atoms with Crippen molar-refractivity contribution >= 4 is 23.1 Å². The van der Waals surface area contributed by atoms with Gasteiger partial charge in [-0.3, -0.25) is 4.57 Å². The van der Waals surface area contributed by atoms with Crippen LogP contribution in [0.5, 0.6) is 0 Å². The summed E-state index contributed by atoms with van der Waals surface area (Å²) in [6.07, 6.45) is 1.86. The minimum atomic E-state index is -0.528. The van der Waals surface area contributed by atoms with Crippen molar-refractivity contribution in [3.05, 3.63) is 53.4 Å². The molecule has 2 aromatic heterocycles. The number of thioether (sulfide) groups is 1. The molecule has 0 saturated carbocycles.